The molecule has 1 aromatic heterocycles. The minimum Gasteiger partial charge on any atom is -0.478 e. The third-order valence-electron chi connectivity index (χ3n) is 3.30. The van der Waals surface area contributed by atoms with Crippen LogP contribution < -0.4 is 0 Å². The van der Waals surface area contributed by atoms with Crippen LogP contribution in [-0.2, 0) is 5.75 Å². The number of hydrogen-bond donors (Lipinski definition) is 1. The highest BCUT2D eigenvalue weighted by molar-refractivity contribution is 7.99. The third kappa shape index (κ3) is 2.95. The normalized spacial score (nSPS) is 13.1. The van der Waals surface area contributed by atoms with Crippen LogP contribution in [0.1, 0.15) is 36.9 Å². The third-order valence-corrected chi connectivity index (χ3v) is 4.80. The average Bonchev–Trinajstić information content (AvgIpc) is 2.73. The van der Waals surface area contributed by atoms with Crippen LogP contribution in [0.2, 0.25) is 0 Å². The van der Waals surface area contributed by atoms with Gasteiger partial charge in [-0.3, -0.25) is 0 Å². The molecule has 0 amide bonds. The van der Waals surface area contributed by atoms with Crippen molar-refractivity contribution in [2.45, 2.75) is 31.8 Å². The maximum atomic E-state index is 11.4. The van der Waals surface area contributed by atoms with E-state index in [1.165, 1.54) is 0 Å². The van der Waals surface area contributed by atoms with E-state index in [4.69, 9.17) is 4.42 Å². The van der Waals surface area contributed by atoms with Crippen molar-refractivity contribution >= 4 is 28.7 Å². The Balaban J connectivity index is 2.32. The summed E-state index contributed by atoms with van der Waals surface area (Å²) in [6, 6.07) is 7.28. The maximum Gasteiger partial charge on any atom is 0.339 e. The molecule has 0 fully saturated rings. The molecule has 0 aliphatic heterocycles. The molecule has 1 N–H and O–H groups in total. The Morgan fingerprint density at radius 1 is 1.32 bits per heavy atom. The molecule has 4 heteroatoms. The molecule has 1 atom stereocenters. The van der Waals surface area contributed by atoms with Crippen molar-refractivity contribution in [2.75, 3.05) is 0 Å². The predicted octanol–water partition coefficient (Wildman–Crippen LogP) is 4.41. The lowest BCUT2D eigenvalue weighted by Crippen LogP contribution is -2.06. The molecule has 2 rings (SSSR count). The monoisotopic (exact) mass is 278 g/mol. The fraction of sp³-hybridized carbons (Fsp3) is 0.400. The molecule has 0 saturated carbocycles. The van der Waals surface area contributed by atoms with E-state index >= 15 is 0 Å². The second kappa shape index (κ2) is 5.70. The Bertz CT molecular complexity index is 586. The topological polar surface area (TPSA) is 50.4 Å². The SMILES string of the molecule is CC(C)C(C)SCc1oc2ccccc2c1C(=O)O. The van der Waals surface area contributed by atoms with Gasteiger partial charge in [0, 0.05) is 10.6 Å². The molecule has 19 heavy (non-hydrogen) atoms. The Morgan fingerprint density at radius 2 is 2.00 bits per heavy atom. The zero-order valence-corrected chi connectivity index (χ0v) is 12.2. The number of thioether (sulfide) groups is 1. The van der Waals surface area contributed by atoms with Crippen molar-refractivity contribution in [1.29, 1.82) is 0 Å². The molecular formula is C15H18O3S. The summed E-state index contributed by atoms with van der Waals surface area (Å²) in [5.74, 6) is 0.793. The number of furan rings is 1. The number of aromatic carboxylic acids is 1. The Hall–Kier alpha value is -1.42. The highest BCUT2D eigenvalue weighted by Crippen LogP contribution is 2.31. The van der Waals surface area contributed by atoms with Gasteiger partial charge in [0.25, 0.3) is 0 Å². The van der Waals surface area contributed by atoms with Crippen molar-refractivity contribution in [3.05, 3.63) is 35.6 Å². The summed E-state index contributed by atoms with van der Waals surface area (Å²) < 4.78 is 5.69. The van der Waals surface area contributed by atoms with Crippen LogP contribution in [0.3, 0.4) is 0 Å². The van der Waals surface area contributed by atoms with Crippen LogP contribution in [-0.4, -0.2) is 16.3 Å². The maximum absolute atomic E-state index is 11.4. The van der Waals surface area contributed by atoms with E-state index in [0.717, 1.165) is 0 Å². The lowest BCUT2D eigenvalue weighted by molar-refractivity contribution is 0.0697. The van der Waals surface area contributed by atoms with Gasteiger partial charge in [0.05, 0.1) is 5.75 Å². The van der Waals surface area contributed by atoms with E-state index in [1.54, 1.807) is 17.8 Å². The van der Waals surface area contributed by atoms with E-state index in [2.05, 4.69) is 20.8 Å². The molecule has 3 nitrogen and oxygen atoms in total. The van der Waals surface area contributed by atoms with E-state index < -0.39 is 5.97 Å². The number of fused-ring (bicyclic) bond motifs is 1. The standard InChI is InChI=1S/C15H18O3S/c1-9(2)10(3)19-8-13-14(15(16)17)11-6-4-5-7-12(11)18-13/h4-7,9-10H,8H2,1-3H3,(H,16,17). The first-order chi connectivity index (χ1) is 9.00. The number of carbonyl (C=O) groups is 1. The zero-order chi connectivity index (χ0) is 14.0. The first kappa shape index (κ1) is 14.0. The van der Waals surface area contributed by atoms with E-state index in [1.807, 2.05) is 18.2 Å². The molecule has 0 aliphatic carbocycles. The van der Waals surface area contributed by atoms with Gasteiger partial charge in [-0.05, 0) is 12.0 Å². The molecular weight excluding hydrogens is 260 g/mol. The van der Waals surface area contributed by atoms with E-state index in [-0.39, 0.29) is 0 Å². The van der Waals surface area contributed by atoms with Gasteiger partial charge in [0.1, 0.15) is 16.9 Å². The summed E-state index contributed by atoms with van der Waals surface area (Å²) in [7, 11) is 0. The molecule has 1 heterocycles. The van der Waals surface area contributed by atoms with Gasteiger partial charge < -0.3 is 9.52 Å². The Labute approximate surface area is 117 Å². The second-order valence-corrected chi connectivity index (χ2v) is 6.33. The van der Waals surface area contributed by atoms with Gasteiger partial charge in [-0.1, -0.05) is 39.0 Å². The summed E-state index contributed by atoms with van der Waals surface area (Å²) >= 11 is 1.73. The highest BCUT2D eigenvalue weighted by atomic mass is 32.2. The van der Waals surface area contributed by atoms with Crippen LogP contribution in [0.5, 0.6) is 0 Å². The summed E-state index contributed by atoms with van der Waals surface area (Å²) in [6.45, 7) is 6.47. The van der Waals surface area contributed by atoms with Crippen LogP contribution in [0.25, 0.3) is 11.0 Å². The van der Waals surface area contributed by atoms with Crippen molar-refractivity contribution in [3.63, 3.8) is 0 Å². The molecule has 1 aromatic carbocycles. The largest absolute Gasteiger partial charge is 0.478 e. The van der Waals surface area contributed by atoms with Gasteiger partial charge in [0.15, 0.2) is 0 Å². The van der Waals surface area contributed by atoms with Gasteiger partial charge in [-0.15, -0.1) is 0 Å². The highest BCUT2D eigenvalue weighted by Gasteiger charge is 2.20. The Morgan fingerprint density at radius 3 is 2.63 bits per heavy atom. The summed E-state index contributed by atoms with van der Waals surface area (Å²) in [4.78, 5) is 11.4. The molecule has 0 saturated heterocycles. The molecule has 0 aliphatic rings. The number of carboxylic acids is 1. The lowest BCUT2D eigenvalue weighted by Gasteiger charge is -2.13. The summed E-state index contributed by atoms with van der Waals surface area (Å²) in [6.07, 6.45) is 0. The van der Waals surface area contributed by atoms with Gasteiger partial charge in [-0.2, -0.15) is 11.8 Å². The molecule has 0 radical (unpaired) electrons. The van der Waals surface area contributed by atoms with Crippen molar-refractivity contribution in [3.8, 4) is 0 Å². The molecule has 0 spiro atoms. The smallest absolute Gasteiger partial charge is 0.339 e. The minimum atomic E-state index is -0.919. The van der Waals surface area contributed by atoms with Crippen molar-refractivity contribution in [1.82, 2.24) is 0 Å². The van der Waals surface area contributed by atoms with Gasteiger partial charge in [-0.25, -0.2) is 4.79 Å². The van der Waals surface area contributed by atoms with Crippen LogP contribution in [0.15, 0.2) is 28.7 Å². The lowest BCUT2D eigenvalue weighted by atomic mass is 10.1. The molecule has 1 unspecified atom stereocenters. The number of carboxylic acid groups (broad SMARTS) is 1. The zero-order valence-electron chi connectivity index (χ0n) is 11.3. The van der Waals surface area contributed by atoms with Crippen LogP contribution in [0, 0.1) is 5.92 Å². The van der Waals surface area contributed by atoms with Crippen molar-refractivity contribution in [2.24, 2.45) is 5.92 Å². The number of rotatable bonds is 5. The summed E-state index contributed by atoms with van der Waals surface area (Å²) in [5.41, 5.74) is 0.951. The van der Waals surface area contributed by atoms with Crippen LogP contribution in [0.4, 0.5) is 0 Å². The average molecular weight is 278 g/mol. The first-order valence-electron chi connectivity index (χ1n) is 6.36. The van der Waals surface area contributed by atoms with E-state index in [9.17, 15) is 9.90 Å². The van der Waals surface area contributed by atoms with E-state index in [0.29, 0.717) is 39.2 Å². The first-order valence-corrected chi connectivity index (χ1v) is 7.41. The Kier molecular flexibility index (Phi) is 4.20. The number of hydrogen-bond acceptors (Lipinski definition) is 3. The van der Waals surface area contributed by atoms with Crippen molar-refractivity contribution < 1.29 is 14.3 Å². The molecule has 0 bridgehead atoms. The molecule has 2 aromatic rings. The quantitative estimate of drug-likeness (QED) is 0.880. The minimum absolute atomic E-state index is 0.305. The van der Waals surface area contributed by atoms with Gasteiger partial charge in [0.2, 0.25) is 0 Å². The van der Waals surface area contributed by atoms with Crippen LogP contribution >= 0.6 is 11.8 Å². The predicted molar refractivity (Wildman–Crippen MR) is 78.8 cm³/mol. The number of benzene rings is 1. The fourth-order valence-electron chi connectivity index (χ4n) is 1.83. The number of para-hydroxylation sites is 1. The second-order valence-electron chi connectivity index (χ2n) is 4.96. The summed E-state index contributed by atoms with van der Waals surface area (Å²) in [5, 5.41) is 10.5. The van der Waals surface area contributed by atoms with Gasteiger partial charge >= 0.3 is 5.97 Å². The molecule has 102 valence electrons. The fourth-order valence-corrected chi connectivity index (χ4v) is 2.83.